The van der Waals surface area contributed by atoms with E-state index in [1.54, 1.807) is 0 Å². The van der Waals surface area contributed by atoms with Crippen LogP contribution in [0.15, 0.2) is 0 Å². The molecule has 0 aromatic rings. The molecular formula is C13H9F19O3. The van der Waals surface area contributed by atoms with Gasteiger partial charge in [-0.2, -0.15) is 83.4 Å². The van der Waals surface area contributed by atoms with Gasteiger partial charge in [0.1, 0.15) is 0 Å². The van der Waals surface area contributed by atoms with Crippen molar-refractivity contribution in [1.82, 2.24) is 0 Å². The van der Waals surface area contributed by atoms with Crippen LogP contribution in [-0.2, 0) is 14.2 Å². The zero-order chi connectivity index (χ0) is 29.1. The summed E-state index contributed by atoms with van der Waals surface area (Å²) in [5.41, 5.74) is -2.83. The van der Waals surface area contributed by atoms with Crippen molar-refractivity contribution in [2.24, 2.45) is 5.41 Å². The predicted molar refractivity (Wildman–Crippen MR) is 68.3 cm³/mol. The molecule has 0 rings (SSSR count). The van der Waals surface area contributed by atoms with E-state index in [0.29, 0.717) is 20.8 Å². The van der Waals surface area contributed by atoms with Gasteiger partial charge in [0.05, 0.1) is 5.41 Å². The van der Waals surface area contributed by atoms with Crippen molar-refractivity contribution in [2.45, 2.75) is 75.4 Å². The molecule has 0 aromatic carbocycles. The minimum Gasteiger partial charge on any atom is -0.248 e. The number of rotatable bonds is 10. The Balaban J connectivity index is 6.14. The third-order valence-electron chi connectivity index (χ3n) is 3.44. The molecule has 0 N–H and O–H groups in total. The van der Waals surface area contributed by atoms with Gasteiger partial charge in [0.25, 0.3) is 0 Å². The smallest absolute Gasteiger partial charge is 0.248 e. The maximum atomic E-state index is 13.4. The molecule has 0 aliphatic rings. The van der Waals surface area contributed by atoms with Crippen LogP contribution in [0.1, 0.15) is 20.8 Å². The highest BCUT2D eigenvalue weighted by atomic mass is 19.4. The van der Waals surface area contributed by atoms with Gasteiger partial charge in [0, 0.05) is 0 Å². The van der Waals surface area contributed by atoms with E-state index in [2.05, 4.69) is 4.74 Å². The quantitative estimate of drug-likeness (QED) is 0.254. The van der Waals surface area contributed by atoms with E-state index in [4.69, 9.17) is 0 Å². The molecule has 0 aliphatic carbocycles. The van der Waals surface area contributed by atoms with Gasteiger partial charge in [-0.15, -0.1) is 0 Å². The largest absolute Gasteiger partial charge is 0.460 e. The second kappa shape index (κ2) is 8.55. The van der Waals surface area contributed by atoms with Gasteiger partial charge >= 0.3 is 54.7 Å². The molecule has 0 atom stereocenters. The number of hydrogen-bond acceptors (Lipinski definition) is 3. The van der Waals surface area contributed by atoms with Crippen molar-refractivity contribution in [3.63, 3.8) is 0 Å². The molecular weight excluding hydrogens is 565 g/mol. The lowest BCUT2D eigenvalue weighted by atomic mass is 9.95. The van der Waals surface area contributed by atoms with Gasteiger partial charge in [0.15, 0.2) is 0 Å². The molecule has 3 nitrogen and oxygen atoms in total. The predicted octanol–water partition coefficient (Wildman–Crippen LogP) is 7.47. The summed E-state index contributed by atoms with van der Waals surface area (Å²) in [4.78, 5) is 0. The summed E-state index contributed by atoms with van der Waals surface area (Å²) in [6, 6.07) is 0. The third kappa shape index (κ3) is 6.10. The summed E-state index contributed by atoms with van der Waals surface area (Å²) in [5, 5.41) is 0. The maximum Gasteiger partial charge on any atom is 0.460 e. The zero-order valence-corrected chi connectivity index (χ0v) is 16.4. The second-order valence-electron chi connectivity index (χ2n) is 7.30. The fraction of sp³-hybridized carbons (Fsp3) is 1.00. The van der Waals surface area contributed by atoms with Crippen molar-refractivity contribution in [3.8, 4) is 0 Å². The molecule has 0 amide bonds. The molecule has 0 unspecified atom stereocenters. The van der Waals surface area contributed by atoms with E-state index < -0.39 is 60.1 Å². The molecule has 0 aliphatic heterocycles. The van der Waals surface area contributed by atoms with Gasteiger partial charge in [-0.1, -0.05) is 20.8 Å². The third-order valence-corrected chi connectivity index (χ3v) is 3.44. The minimum absolute atomic E-state index is 0.331. The number of hydrogen-bond donors (Lipinski definition) is 0. The summed E-state index contributed by atoms with van der Waals surface area (Å²) in [6.07, 6.45) is -51.0. The summed E-state index contributed by atoms with van der Waals surface area (Å²) >= 11 is 0. The van der Waals surface area contributed by atoms with Crippen molar-refractivity contribution < 1.29 is 97.6 Å². The van der Waals surface area contributed by atoms with Crippen LogP contribution in [0.25, 0.3) is 0 Å². The van der Waals surface area contributed by atoms with E-state index >= 15 is 0 Å². The molecule has 212 valence electrons. The Bertz CT molecular complexity index is 748. The van der Waals surface area contributed by atoms with Gasteiger partial charge in [-0.3, -0.25) is 0 Å². The van der Waals surface area contributed by atoms with Crippen LogP contribution in [0.2, 0.25) is 0 Å². The lowest BCUT2D eigenvalue weighted by Gasteiger charge is -2.38. The Morgan fingerprint density at radius 2 is 0.543 bits per heavy atom. The summed E-state index contributed by atoms with van der Waals surface area (Å²) < 4.78 is 250. The molecule has 0 bridgehead atoms. The summed E-state index contributed by atoms with van der Waals surface area (Å²) in [7, 11) is 0. The monoisotopic (exact) mass is 574 g/mol. The van der Waals surface area contributed by atoms with E-state index in [1.807, 2.05) is 0 Å². The van der Waals surface area contributed by atoms with Gasteiger partial charge < -0.3 is 0 Å². The number of ether oxygens (including phenoxy) is 3. The zero-order valence-electron chi connectivity index (χ0n) is 16.4. The molecule has 35 heavy (non-hydrogen) atoms. The Labute approximate surface area is 180 Å². The fourth-order valence-corrected chi connectivity index (χ4v) is 1.30. The average Bonchev–Trinajstić information content (AvgIpc) is 2.48. The summed E-state index contributed by atoms with van der Waals surface area (Å²) in [6.45, 7) is 0.993. The molecule has 0 saturated heterocycles. The first-order valence-electron chi connectivity index (χ1n) is 7.82. The lowest BCUT2D eigenvalue weighted by Crippen LogP contribution is -2.65. The highest BCUT2D eigenvalue weighted by molar-refractivity contribution is 4.97. The topological polar surface area (TPSA) is 27.7 Å². The molecule has 0 saturated carbocycles. The van der Waals surface area contributed by atoms with Crippen molar-refractivity contribution in [1.29, 1.82) is 0 Å². The molecule has 0 heterocycles. The van der Waals surface area contributed by atoms with Crippen LogP contribution in [0.5, 0.6) is 0 Å². The highest BCUT2D eigenvalue weighted by Gasteiger charge is 2.85. The van der Waals surface area contributed by atoms with E-state index in [9.17, 15) is 83.4 Å². The molecule has 0 fully saturated rings. The first-order valence-corrected chi connectivity index (χ1v) is 7.82. The van der Waals surface area contributed by atoms with Crippen molar-refractivity contribution in [3.05, 3.63) is 0 Å². The maximum absolute atomic E-state index is 13.4. The number of halogens is 19. The van der Waals surface area contributed by atoms with Crippen LogP contribution in [0, 0.1) is 5.41 Å². The molecule has 0 spiro atoms. The van der Waals surface area contributed by atoms with Gasteiger partial charge in [-0.25, -0.2) is 14.2 Å². The van der Waals surface area contributed by atoms with Gasteiger partial charge in [-0.05, 0) is 0 Å². The Hall–Kier alpha value is -1.45. The SMILES string of the molecule is CC(C)(C)C(F)(F)OC(F)(F)C(F)(F)OC(F)(F)C(F)(F)OC(F)(F)C(F)(F)C(F)(F)C(F)(F)F. The van der Waals surface area contributed by atoms with Crippen LogP contribution in [-0.4, -0.2) is 54.7 Å². The van der Waals surface area contributed by atoms with Crippen LogP contribution < -0.4 is 0 Å². The van der Waals surface area contributed by atoms with Crippen LogP contribution in [0.3, 0.4) is 0 Å². The minimum atomic E-state index is -8.15. The van der Waals surface area contributed by atoms with E-state index in [-0.39, 0.29) is 0 Å². The fourth-order valence-electron chi connectivity index (χ4n) is 1.30. The highest BCUT2D eigenvalue weighted by Crippen LogP contribution is 2.56. The van der Waals surface area contributed by atoms with E-state index in [0.717, 1.165) is 0 Å². The first-order chi connectivity index (χ1) is 14.6. The van der Waals surface area contributed by atoms with Crippen LogP contribution >= 0.6 is 0 Å². The van der Waals surface area contributed by atoms with Crippen molar-refractivity contribution in [2.75, 3.05) is 0 Å². The first kappa shape index (κ1) is 33.5. The van der Waals surface area contributed by atoms with Crippen LogP contribution in [0.4, 0.5) is 83.4 Å². The van der Waals surface area contributed by atoms with Gasteiger partial charge in [0.2, 0.25) is 0 Å². The standard InChI is InChI=1S/C13H9F19O3/c1-4(2,3)8(21,22)33-10(25,26)12(29,30)35-13(31,32)11(27,28)34-9(23,24)6(16,17)5(14,15)7(18,19)20/h1-3H3. The van der Waals surface area contributed by atoms with E-state index in [1.165, 1.54) is 9.47 Å². The normalized spacial score (nSPS) is 16.6. The lowest BCUT2D eigenvalue weighted by molar-refractivity contribution is -0.571. The summed E-state index contributed by atoms with van der Waals surface area (Å²) in [5.74, 6) is -16.1. The average molecular weight is 574 g/mol. The Morgan fingerprint density at radius 1 is 0.314 bits per heavy atom. The molecule has 0 aromatic heterocycles. The van der Waals surface area contributed by atoms with Crippen molar-refractivity contribution >= 4 is 0 Å². The second-order valence-corrected chi connectivity index (χ2v) is 7.30. The molecule has 0 radical (unpaired) electrons. The number of alkyl halides is 19. The Morgan fingerprint density at radius 3 is 0.771 bits per heavy atom. The Kier molecular flexibility index (Phi) is 8.20. The molecule has 22 heteroatoms.